The van der Waals surface area contributed by atoms with E-state index >= 15 is 13.2 Å². The first kappa shape index (κ1) is 32.5. The van der Waals surface area contributed by atoms with Gasteiger partial charge in [-0.05, 0) is 60.9 Å². The number of aromatic nitrogens is 2. The van der Waals surface area contributed by atoms with Crippen LogP contribution in [-0.2, 0) is 11.2 Å². The number of piperazine rings is 1. The van der Waals surface area contributed by atoms with Crippen molar-refractivity contribution in [1.29, 1.82) is 0 Å². The Kier molecular flexibility index (Phi) is 7.99. The van der Waals surface area contributed by atoms with Crippen LogP contribution in [0.4, 0.5) is 23.4 Å². The number of nitrogens with zero attached hydrogens (tertiary/aromatic N) is 4. The van der Waals surface area contributed by atoms with E-state index in [0.717, 1.165) is 38.3 Å². The molecular weight excluding hydrogens is 652 g/mol. The topological polar surface area (TPSA) is 106 Å². The zero-order valence-electron chi connectivity index (χ0n) is 27.5. The maximum atomic E-state index is 17.3. The minimum Gasteiger partial charge on any atom is -0.493 e. The van der Waals surface area contributed by atoms with Crippen LogP contribution in [0.3, 0.4) is 0 Å². The molecule has 0 saturated carbocycles. The monoisotopic (exact) mass is 688 g/mol. The third kappa shape index (κ3) is 5.27. The molecule has 4 aliphatic heterocycles. The van der Waals surface area contributed by atoms with Gasteiger partial charge in [-0.1, -0.05) is 18.1 Å². The summed E-state index contributed by atoms with van der Waals surface area (Å²) in [6.45, 7) is 2.25. The molecule has 5 heterocycles. The Balaban J connectivity index is 1.36. The second kappa shape index (κ2) is 12.3. The van der Waals surface area contributed by atoms with Crippen molar-refractivity contribution in [2.24, 2.45) is 5.73 Å². The third-order valence-corrected chi connectivity index (χ3v) is 10.8. The van der Waals surface area contributed by atoms with Crippen LogP contribution in [0.2, 0.25) is 0 Å². The molecule has 4 saturated heterocycles. The number of ether oxygens (including phenoxy) is 2. The number of carbonyl (C=O) groups is 1. The van der Waals surface area contributed by atoms with Gasteiger partial charge in [-0.3, -0.25) is 9.69 Å². The molecule has 4 atom stereocenters. The Morgan fingerprint density at radius 1 is 1.12 bits per heavy atom. The van der Waals surface area contributed by atoms with Crippen LogP contribution in [0.5, 0.6) is 11.8 Å². The molecule has 0 spiro atoms. The summed E-state index contributed by atoms with van der Waals surface area (Å²) in [6, 6.07) is 5.73. The Morgan fingerprint density at radius 3 is 2.62 bits per heavy atom. The number of nitrogens with two attached hydrogens (primary N) is 1. The van der Waals surface area contributed by atoms with E-state index in [-0.39, 0.29) is 70.1 Å². The van der Waals surface area contributed by atoms with Crippen molar-refractivity contribution in [1.82, 2.24) is 20.2 Å². The largest absolute Gasteiger partial charge is 0.493 e. The van der Waals surface area contributed by atoms with Gasteiger partial charge < -0.3 is 25.4 Å². The number of methoxy groups -OCH3 is 1. The van der Waals surface area contributed by atoms with E-state index < -0.39 is 40.6 Å². The Morgan fingerprint density at radius 2 is 1.90 bits per heavy atom. The number of hydrogen-bond donors (Lipinski definition) is 2. The number of halogens is 4. The SMILES string of the molecule is C#Cc1c(F)ccc2cc(CC(N)=O)cc(-c3c(F)c(OC)c4c(N5CC6CCC(C5)N6)nc(OC[C@@]56CCCN5C[C@H](F)C6)nc4c3F)c12. The molecule has 1 amide bonds. The minimum atomic E-state index is -1.07. The maximum absolute atomic E-state index is 17.3. The molecule has 260 valence electrons. The van der Waals surface area contributed by atoms with Gasteiger partial charge in [0.1, 0.15) is 29.9 Å². The number of anilines is 1. The summed E-state index contributed by atoms with van der Waals surface area (Å²) < 4.78 is 75.9. The van der Waals surface area contributed by atoms with Gasteiger partial charge in [0.2, 0.25) is 5.91 Å². The van der Waals surface area contributed by atoms with Crippen LogP contribution < -0.4 is 25.4 Å². The Bertz CT molecular complexity index is 2090. The number of amides is 1. The number of benzene rings is 3. The summed E-state index contributed by atoms with van der Waals surface area (Å²) in [4.78, 5) is 25.3. The third-order valence-electron chi connectivity index (χ3n) is 10.8. The second-order valence-corrected chi connectivity index (χ2v) is 13.9. The molecule has 2 bridgehead atoms. The lowest BCUT2D eigenvalue weighted by Crippen LogP contribution is -2.51. The quantitative estimate of drug-likeness (QED) is 0.202. The summed E-state index contributed by atoms with van der Waals surface area (Å²) >= 11 is 0. The second-order valence-electron chi connectivity index (χ2n) is 13.9. The highest BCUT2D eigenvalue weighted by molar-refractivity contribution is 6.06. The lowest BCUT2D eigenvalue weighted by atomic mass is 9.90. The number of fused-ring (bicyclic) bond motifs is 5. The lowest BCUT2D eigenvalue weighted by molar-refractivity contribution is -0.117. The number of primary amides is 1. The van der Waals surface area contributed by atoms with E-state index in [2.05, 4.69) is 21.1 Å². The molecule has 4 aliphatic rings. The first-order chi connectivity index (χ1) is 24.1. The molecular formula is C37H36F4N6O3. The molecule has 8 rings (SSSR count). The van der Waals surface area contributed by atoms with Crippen molar-refractivity contribution in [3.05, 3.63) is 52.8 Å². The molecule has 3 aromatic carbocycles. The average molecular weight is 689 g/mol. The zero-order valence-corrected chi connectivity index (χ0v) is 27.5. The fraction of sp³-hybridized carbons (Fsp3) is 0.432. The number of nitrogens with one attached hydrogen (secondary N) is 1. The van der Waals surface area contributed by atoms with Gasteiger partial charge in [0.05, 0.1) is 35.6 Å². The first-order valence-electron chi connectivity index (χ1n) is 16.9. The van der Waals surface area contributed by atoms with Crippen LogP contribution in [0.25, 0.3) is 32.8 Å². The number of terminal acetylenes is 1. The Labute approximate surface area is 286 Å². The summed E-state index contributed by atoms with van der Waals surface area (Å²) in [5.74, 6) is -1.30. The van der Waals surface area contributed by atoms with Gasteiger partial charge in [0.15, 0.2) is 17.4 Å². The number of hydrogen-bond acceptors (Lipinski definition) is 8. The fourth-order valence-corrected chi connectivity index (χ4v) is 8.72. The van der Waals surface area contributed by atoms with Crippen LogP contribution in [-0.4, -0.2) is 84.5 Å². The highest BCUT2D eigenvalue weighted by atomic mass is 19.1. The van der Waals surface area contributed by atoms with Gasteiger partial charge in [-0.2, -0.15) is 9.97 Å². The molecule has 2 unspecified atom stereocenters. The highest BCUT2D eigenvalue weighted by Crippen LogP contribution is 2.47. The fourth-order valence-electron chi connectivity index (χ4n) is 8.72. The number of alkyl halides is 1. The smallest absolute Gasteiger partial charge is 0.319 e. The zero-order chi connectivity index (χ0) is 34.9. The highest BCUT2D eigenvalue weighted by Gasteiger charge is 2.49. The van der Waals surface area contributed by atoms with E-state index in [1.807, 2.05) is 4.90 Å². The van der Waals surface area contributed by atoms with Crippen LogP contribution in [0.15, 0.2) is 24.3 Å². The first-order valence-corrected chi connectivity index (χ1v) is 16.9. The summed E-state index contributed by atoms with van der Waals surface area (Å²) in [5, 5.41) is 4.01. The molecule has 9 nitrogen and oxygen atoms in total. The molecule has 4 aromatic rings. The Hall–Kier alpha value is -4.67. The number of rotatable bonds is 8. The van der Waals surface area contributed by atoms with Gasteiger partial charge in [0.25, 0.3) is 0 Å². The van der Waals surface area contributed by atoms with Crippen molar-refractivity contribution in [2.75, 3.05) is 44.8 Å². The van der Waals surface area contributed by atoms with Crippen LogP contribution >= 0.6 is 0 Å². The molecule has 13 heteroatoms. The van der Waals surface area contributed by atoms with Gasteiger partial charge in [-0.15, -0.1) is 6.42 Å². The standard InChI is InChI=1S/C37H36F4N6O3/c1-3-24-26(39)8-5-20-11-19(13-27(42)48)12-25(28(20)24)29-31(40)33-30(34(49-2)32(29)41)35(46-16-22-6-7-23(17-46)43-22)45-36(44-33)50-18-37-9-4-10-47(37)15-21(38)14-37/h1,5,8,11-12,21-23,43H,4,6-7,9-10,13-18H2,2H3,(H2,42,48)/t21-,22?,23?,37+/m1/s1. The van der Waals surface area contributed by atoms with Crippen molar-refractivity contribution in [2.45, 2.75) is 62.3 Å². The maximum Gasteiger partial charge on any atom is 0.319 e. The average Bonchev–Trinajstić information content (AvgIpc) is 3.73. The summed E-state index contributed by atoms with van der Waals surface area (Å²) in [7, 11) is 1.27. The minimum absolute atomic E-state index is 0.0196. The van der Waals surface area contributed by atoms with E-state index in [1.165, 1.54) is 19.2 Å². The molecule has 0 aliphatic carbocycles. The van der Waals surface area contributed by atoms with Crippen molar-refractivity contribution >= 4 is 33.4 Å². The van der Waals surface area contributed by atoms with Crippen molar-refractivity contribution in [3.8, 4) is 35.2 Å². The van der Waals surface area contributed by atoms with Crippen LogP contribution in [0, 0.1) is 29.8 Å². The predicted molar refractivity (Wildman–Crippen MR) is 180 cm³/mol. The predicted octanol–water partition coefficient (Wildman–Crippen LogP) is 4.78. The molecule has 0 radical (unpaired) electrons. The lowest BCUT2D eigenvalue weighted by Gasteiger charge is -2.35. The van der Waals surface area contributed by atoms with Crippen LogP contribution in [0.1, 0.15) is 43.2 Å². The van der Waals surface area contributed by atoms with E-state index in [0.29, 0.717) is 37.0 Å². The van der Waals surface area contributed by atoms with Gasteiger partial charge in [-0.25, -0.2) is 17.6 Å². The summed E-state index contributed by atoms with van der Waals surface area (Å²) in [5.41, 5.74) is 4.19. The molecule has 3 N–H and O–H groups in total. The van der Waals surface area contributed by atoms with Crippen molar-refractivity contribution in [3.63, 3.8) is 0 Å². The van der Waals surface area contributed by atoms with Crippen molar-refractivity contribution < 1.29 is 31.8 Å². The molecule has 50 heavy (non-hydrogen) atoms. The van der Waals surface area contributed by atoms with E-state index in [1.54, 1.807) is 6.07 Å². The normalized spacial score (nSPS) is 24.6. The number of carbonyl (C=O) groups excluding carboxylic acids is 1. The van der Waals surface area contributed by atoms with Gasteiger partial charge >= 0.3 is 6.01 Å². The molecule has 1 aromatic heterocycles. The molecule has 4 fully saturated rings. The van der Waals surface area contributed by atoms with E-state index in [4.69, 9.17) is 26.6 Å². The summed E-state index contributed by atoms with van der Waals surface area (Å²) in [6.07, 6.45) is 8.37. The van der Waals surface area contributed by atoms with Gasteiger partial charge in [0, 0.05) is 43.5 Å². The van der Waals surface area contributed by atoms with E-state index in [9.17, 15) is 9.18 Å².